The molecule has 29 heavy (non-hydrogen) atoms. The topological polar surface area (TPSA) is 62.5 Å². The minimum Gasteiger partial charge on any atom is -0.260 e. The number of rotatable bonds is 2. The van der Waals surface area contributed by atoms with Gasteiger partial charge in [-0.15, -0.1) is 5.10 Å². The average Bonchev–Trinajstić information content (AvgIpc) is 3.09. The van der Waals surface area contributed by atoms with Crippen molar-refractivity contribution in [3.8, 4) is 17.3 Å². The number of nitriles is 1. The molecule has 2 aliphatic rings. The van der Waals surface area contributed by atoms with Crippen molar-refractivity contribution in [3.05, 3.63) is 76.7 Å². The number of hydrogen-bond acceptors (Lipinski definition) is 4. The number of aromatic nitrogens is 3. The summed E-state index contributed by atoms with van der Waals surface area (Å²) in [5.74, 6) is -1.13. The highest BCUT2D eigenvalue weighted by molar-refractivity contribution is 5.64. The zero-order valence-electron chi connectivity index (χ0n) is 16.1. The first-order valence-electron chi connectivity index (χ1n) is 9.59. The van der Waals surface area contributed by atoms with Crippen LogP contribution in [-0.2, 0) is 5.41 Å². The van der Waals surface area contributed by atoms with E-state index in [1.807, 2.05) is 6.07 Å². The van der Waals surface area contributed by atoms with Crippen LogP contribution in [0.25, 0.3) is 11.3 Å². The van der Waals surface area contributed by atoms with Gasteiger partial charge in [-0.05, 0) is 60.1 Å². The molecule has 6 heteroatoms. The minimum absolute atomic E-state index is 0.151. The summed E-state index contributed by atoms with van der Waals surface area (Å²) >= 11 is 0. The summed E-state index contributed by atoms with van der Waals surface area (Å²) < 4.78 is 28.6. The van der Waals surface area contributed by atoms with Crippen LogP contribution in [0.4, 0.5) is 8.78 Å². The fraction of sp³-hybridized carbons (Fsp3) is 0.304. The molecule has 0 aliphatic heterocycles. The molecule has 2 bridgehead atoms. The third kappa shape index (κ3) is 2.19. The van der Waals surface area contributed by atoms with E-state index in [4.69, 9.17) is 0 Å². The molecule has 0 radical (unpaired) electrons. The van der Waals surface area contributed by atoms with E-state index >= 15 is 0 Å². The van der Waals surface area contributed by atoms with Crippen molar-refractivity contribution in [3.63, 3.8) is 0 Å². The largest absolute Gasteiger partial charge is 0.260 e. The van der Waals surface area contributed by atoms with Gasteiger partial charge in [0, 0.05) is 6.20 Å². The smallest absolute Gasteiger partial charge is 0.135 e. The first-order valence-corrected chi connectivity index (χ1v) is 9.59. The van der Waals surface area contributed by atoms with Gasteiger partial charge in [-0.25, -0.2) is 8.78 Å². The number of fused-ring (bicyclic) bond motifs is 5. The molecule has 1 aromatic carbocycles. The molecule has 1 fully saturated rings. The number of hydrogen-bond donors (Lipinski definition) is 0. The molecular weight excluding hydrogens is 370 g/mol. The normalized spacial score (nSPS) is 23.6. The van der Waals surface area contributed by atoms with E-state index < -0.39 is 17.0 Å². The highest BCUT2D eigenvalue weighted by atomic mass is 19.1. The lowest BCUT2D eigenvalue weighted by Crippen LogP contribution is -2.37. The molecule has 4 nitrogen and oxygen atoms in total. The molecular formula is C23H18F2N4. The van der Waals surface area contributed by atoms with Gasteiger partial charge in [0.05, 0.1) is 39.7 Å². The van der Waals surface area contributed by atoms with Crippen molar-refractivity contribution in [1.29, 1.82) is 5.26 Å². The van der Waals surface area contributed by atoms with Crippen molar-refractivity contribution in [1.82, 2.24) is 15.2 Å². The van der Waals surface area contributed by atoms with Gasteiger partial charge in [0.2, 0.25) is 0 Å². The highest BCUT2D eigenvalue weighted by Gasteiger charge is 2.65. The van der Waals surface area contributed by atoms with E-state index in [1.165, 1.54) is 18.2 Å². The maximum Gasteiger partial charge on any atom is 0.135 e. The summed E-state index contributed by atoms with van der Waals surface area (Å²) in [6.07, 6.45) is 3.42. The van der Waals surface area contributed by atoms with E-state index in [2.05, 4.69) is 35.1 Å². The first kappa shape index (κ1) is 17.9. The second-order valence-corrected chi connectivity index (χ2v) is 8.39. The summed E-state index contributed by atoms with van der Waals surface area (Å²) in [5, 5.41) is 18.0. The Morgan fingerprint density at radius 3 is 2.59 bits per heavy atom. The molecule has 2 aromatic heterocycles. The van der Waals surface area contributed by atoms with E-state index in [0.29, 0.717) is 5.56 Å². The van der Waals surface area contributed by atoms with Crippen LogP contribution in [0.5, 0.6) is 0 Å². The van der Waals surface area contributed by atoms with Crippen LogP contribution in [0.1, 0.15) is 55.1 Å². The van der Waals surface area contributed by atoms with Crippen molar-refractivity contribution in [2.75, 3.05) is 0 Å². The van der Waals surface area contributed by atoms with Gasteiger partial charge in [0.1, 0.15) is 11.6 Å². The number of benzene rings is 1. The van der Waals surface area contributed by atoms with Gasteiger partial charge in [-0.2, -0.15) is 10.4 Å². The van der Waals surface area contributed by atoms with Gasteiger partial charge in [0.25, 0.3) is 0 Å². The Kier molecular flexibility index (Phi) is 3.63. The van der Waals surface area contributed by atoms with E-state index in [0.717, 1.165) is 29.8 Å². The van der Waals surface area contributed by atoms with Crippen LogP contribution in [0, 0.1) is 28.4 Å². The van der Waals surface area contributed by atoms with E-state index in [1.54, 1.807) is 18.3 Å². The number of halogens is 2. The summed E-state index contributed by atoms with van der Waals surface area (Å²) in [6, 6.07) is 11.3. The SMILES string of the molecule is CC1(C)[C@H]2CC[C@]1(c1cc(C#N)ccn1)c1nnc(-c3c(F)cccc3F)cc12. The Morgan fingerprint density at radius 1 is 1.10 bits per heavy atom. The molecule has 1 saturated carbocycles. The molecule has 2 atom stereocenters. The lowest BCUT2D eigenvalue weighted by Gasteiger charge is -2.37. The highest BCUT2D eigenvalue weighted by Crippen LogP contribution is 2.69. The molecule has 0 amide bonds. The van der Waals surface area contributed by atoms with Gasteiger partial charge < -0.3 is 0 Å². The average molecular weight is 388 g/mol. The number of pyridine rings is 1. The van der Waals surface area contributed by atoms with E-state index in [9.17, 15) is 14.0 Å². The van der Waals surface area contributed by atoms with Crippen molar-refractivity contribution in [2.45, 2.75) is 38.0 Å². The van der Waals surface area contributed by atoms with Crippen LogP contribution in [0.3, 0.4) is 0 Å². The van der Waals surface area contributed by atoms with Crippen LogP contribution in [0.2, 0.25) is 0 Å². The quantitative estimate of drug-likeness (QED) is 0.627. The standard InChI is InChI=1S/C23H18F2N4/c1-22(2)15-6-8-23(22,19-10-13(12-26)7-9-27-19)21-14(15)11-18(28-29-21)20-16(24)4-3-5-17(20)25/h3-5,7,9-11,15H,6,8H2,1-2H3/t15-,23-/m0/s1. The summed E-state index contributed by atoms with van der Waals surface area (Å²) in [7, 11) is 0. The molecule has 144 valence electrons. The van der Waals surface area contributed by atoms with E-state index in [-0.39, 0.29) is 22.6 Å². The maximum absolute atomic E-state index is 14.3. The maximum atomic E-state index is 14.3. The predicted molar refractivity (Wildman–Crippen MR) is 103 cm³/mol. The van der Waals surface area contributed by atoms with Crippen molar-refractivity contribution in [2.24, 2.45) is 5.41 Å². The van der Waals surface area contributed by atoms with Gasteiger partial charge in [0.15, 0.2) is 0 Å². The molecule has 0 saturated heterocycles. The van der Waals surface area contributed by atoms with Gasteiger partial charge in [-0.3, -0.25) is 4.98 Å². The van der Waals surface area contributed by atoms with Crippen LogP contribution in [0.15, 0.2) is 42.6 Å². The lowest BCUT2D eigenvalue weighted by atomic mass is 9.66. The summed E-state index contributed by atoms with van der Waals surface area (Å²) in [6.45, 7) is 4.35. The lowest BCUT2D eigenvalue weighted by molar-refractivity contribution is 0.243. The second-order valence-electron chi connectivity index (χ2n) is 8.39. The molecule has 3 aromatic rings. The second kappa shape index (κ2) is 5.90. The molecule has 5 rings (SSSR count). The fourth-order valence-electron chi connectivity index (χ4n) is 5.49. The van der Waals surface area contributed by atoms with Crippen molar-refractivity contribution >= 4 is 0 Å². The molecule has 0 N–H and O–H groups in total. The van der Waals surface area contributed by atoms with Gasteiger partial charge in [-0.1, -0.05) is 19.9 Å². The molecule has 2 heterocycles. The first-order chi connectivity index (χ1) is 13.9. The summed E-state index contributed by atoms with van der Waals surface area (Å²) in [4.78, 5) is 4.60. The Labute approximate surface area is 167 Å². The summed E-state index contributed by atoms with van der Waals surface area (Å²) in [5.41, 5.74) is 2.51. The fourth-order valence-corrected chi connectivity index (χ4v) is 5.49. The molecule has 0 unspecified atom stereocenters. The zero-order valence-corrected chi connectivity index (χ0v) is 16.1. The van der Waals surface area contributed by atoms with Crippen LogP contribution < -0.4 is 0 Å². The van der Waals surface area contributed by atoms with Crippen LogP contribution >= 0.6 is 0 Å². The Morgan fingerprint density at radius 2 is 1.86 bits per heavy atom. The zero-order chi connectivity index (χ0) is 20.4. The Bertz CT molecular complexity index is 1180. The van der Waals surface area contributed by atoms with Gasteiger partial charge >= 0.3 is 0 Å². The third-order valence-corrected chi connectivity index (χ3v) is 6.93. The molecule has 2 aliphatic carbocycles. The number of nitrogens with zero attached hydrogens (tertiary/aromatic N) is 4. The molecule has 0 spiro atoms. The Balaban J connectivity index is 1.74. The van der Waals surface area contributed by atoms with Crippen LogP contribution in [-0.4, -0.2) is 15.2 Å². The predicted octanol–water partition coefficient (Wildman–Crippen LogP) is 4.89. The third-order valence-electron chi connectivity index (χ3n) is 6.93. The minimum atomic E-state index is -0.653. The monoisotopic (exact) mass is 388 g/mol. The van der Waals surface area contributed by atoms with Crippen molar-refractivity contribution < 1.29 is 8.78 Å². The Hall–Kier alpha value is -3.20.